The molecule has 0 fully saturated rings. The summed E-state index contributed by atoms with van der Waals surface area (Å²) < 4.78 is 16.1. The van der Waals surface area contributed by atoms with Crippen molar-refractivity contribution in [1.29, 1.82) is 0 Å². The Morgan fingerprint density at radius 2 is 1.47 bits per heavy atom. The van der Waals surface area contributed by atoms with Crippen LogP contribution in [0.1, 0.15) is 0 Å². The van der Waals surface area contributed by atoms with Crippen molar-refractivity contribution in [2.45, 2.75) is 0 Å². The van der Waals surface area contributed by atoms with E-state index in [1.54, 1.807) is 25.3 Å². The van der Waals surface area contributed by atoms with Gasteiger partial charge in [-0.25, -0.2) is 9.59 Å². The third kappa shape index (κ3) is 3.06. The Morgan fingerprint density at radius 1 is 0.700 bits per heavy atom. The van der Waals surface area contributed by atoms with Crippen LogP contribution >= 0.6 is 0 Å². The molecular weight excluding hydrogens is 380 g/mol. The molecule has 146 valence electrons. The molecule has 0 N–H and O–H groups in total. The van der Waals surface area contributed by atoms with E-state index in [1.807, 2.05) is 54.6 Å². The van der Waals surface area contributed by atoms with Gasteiger partial charge in [0.25, 0.3) is 0 Å². The third-order valence-corrected chi connectivity index (χ3v) is 5.10. The van der Waals surface area contributed by atoms with Crippen LogP contribution in [-0.4, -0.2) is 7.11 Å². The molecule has 0 saturated carbocycles. The van der Waals surface area contributed by atoms with Gasteiger partial charge in [0.2, 0.25) is 0 Å². The molecule has 0 bridgehead atoms. The van der Waals surface area contributed by atoms with E-state index < -0.39 is 11.3 Å². The van der Waals surface area contributed by atoms with Crippen molar-refractivity contribution in [2.24, 2.45) is 0 Å². The number of fused-ring (bicyclic) bond motifs is 2. The third-order valence-electron chi connectivity index (χ3n) is 5.10. The quantitative estimate of drug-likeness (QED) is 0.390. The molecule has 0 saturated heterocycles. The Morgan fingerprint density at radius 3 is 2.27 bits per heavy atom. The van der Waals surface area contributed by atoms with Crippen LogP contribution in [0.5, 0.6) is 5.75 Å². The second-order valence-corrected chi connectivity index (χ2v) is 6.90. The van der Waals surface area contributed by atoms with Gasteiger partial charge in [0, 0.05) is 16.8 Å². The van der Waals surface area contributed by atoms with E-state index in [0.717, 1.165) is 27.6 Å². The molecule has 0 spiro atoms. The van der Waals surface area contributed by atoms with E-state index in [1.165, 1.54) is 6.07 Å². The summed E-state index contributed by atoms with van der Waals surface area (Å²) in [7, 11) is 1.60. The highest BCUT2D eigenvalue weighted by molar-refractivity contribution is 5.96. The zero-order valence-electron chi connectivity index (χ0n) is 16.0. The van der Waals surface area contributed by atoms with Crippen molar-refractivity contribution >= 4 is 21.9 Å². The molecule has 0 aliphatic carbocycles. The van der Waals surface area contributed by atoms with E-state index in [0.29, 0.717) is 22.3 Å². The number of rotatable bonds is 3. The molecule has 30 heavy (non-hydrogen) atoms. The van der Waals surface area contributed by atoms with Crippen molar-refractivity contribution < 1.29 is 13.6 Å². The zero-order chi connectivity index (χ0) is 20.7. The smallest absolute Gasteiger partial charge is 0.344 e. The number of methoxy groups -OCH3 is 1. The molecule has 2 aromatic heterocycles. The Bertz CT molecular complexity index is 1510. The largest absolute Gasteiger partial charge is 0.497 e. The van der Waals surface area contributed by atoms with Crippen LogP contribution in [0.2, 0.25) is 0 Å². The molecule has 0 unspecified atom stereocenters. The lowest BCUT2D eigenvalue weighted by molar-refractivity contribution is 0.415. The maximum Gasteiger partial charge on any atom is 0.344 e. The number of hydrogen-bond acceptors (Lipinski definition) is 5. The predicted octanol–water partition coefficient (Wildman–Crippen LogP) is 5.24. The summed E-state index contributed by atoms with van der Waals surface area (Å²) in [6.07, 6.45) is 0. The molecule has 0 atom stereocenters. The fraction of sp³-hybridized carbons (Fsp3) is 0.0400. The molecule has 0 radical (unpaired) electrons. The summed E-state index contributed by atoms with van der Waals surface area (Å²) in [6, 6.07) is 23.4. The van der Waals surface area contributed by atoms with Gasteiger partial charge < -0.3 is 13.6 Å². The van der Waals surface area contributed by atoms with Crippen LogP contribution in [0, 0.1) is 0 Å². The van der Waals surface area contributed by atoms with Gasteiger partial charge in [0.05, 0.1) is 12.7 Å². The van der Waals surface area contributed by atoms with Crippen molar-refractivity contribution in [3.63, 3.8) is 0 Å². The highest BCUT2D eigenvalue weighted by atomic mass is 16.5. The minimum Gasteiger partial charge on any atom is -0.497 e. The molecule has 5 rings (SSSR count). The molecule has 0 aliphatic heterocycles. The van der Waals surface area contributed by atoms with Crippen molar-refractivity contribution in [3.05, 3.63) is 99.7 Å². The van der Waals surface area contributed by atoms with Crippen LogP contribution in [0.15, 0.2) is 97.3 Å². The first kappa shape index (κ1) is 17.9. The molecule has 3 aromatic carbocycles. The van der Waals surface area contributed by atoms with E-state index in [-0.39, 0.29) is 0 Å². The van der Waals surface area contributed by atoms with Gasteiger partial charge in [-0.15, -0.1) is 0 Å². The highest BCUT2D eigenvalue weighted by Gasteiger charge is 2.13. The summed E-state index contributed by atoms with van der Waals surface area (Å²) in [4.78, 5) is 24.7. The number of benzene rings is 3. The van der Waals surface area contributed by atoms with Gasteiger partial charge in [0.1, 0.15) is 16.9 Å². The molecular formula is C25H16O5. The summed E-state index contributed by atoms with van der Waals surface area (Å²) in [5.41, 5.74) is 2.82. The fourth-order valence-corrected chi connectivity index (χ4v) is 3.60. The zero-order valence-corrected chi connectivity index (χ0v) is 16.0. The molecule has 2 heterocycles. The van der Waals surface area contributed by atoms with Crippen LogP contribution in [0.3, 0.4) is 0 Å². The first-order valence-corrected chi connectivity index (χ1v) is 9.38. The van der Waals surface area contributed by atoms with Gasteiger partial charge in [-0.1, -0.05) is 36.4 Å². The average molecular weight is 396 g/mol. The maximum atomic E-state index is 12.6. The number of hydrogen-bond donors (Lipinski definition) is 0. The second kappa shape index (κ2) is 7.04. The predicted molar refractivity (Wildman–Crippen MR) is 116 cm³/mol. The van der Waals surface area contributed by atoms with Crippen LogP contribution < -0.4 is 16.0 Å². The number of para-hydroxylation sites is 1. The van der Waals surface area contributed by atoms with Gasteiger partial charge in [-0.3, -0.25) is 0 Å². The highest BCUT2D eigenvalue weighted by Crippen LogP contribution is 2.32. The lowest BCUT2D eigenvalue weighted by atomic mass is 9.98. The van der Waals surface area contributed by atoms with Crippen molar-refractivity contribution in [1.82, 2.24) is 0 Å². The number of ether oxygens (including phenoxy) is 1. The monoisotopic (exact) mass is 396 g/mol. The van der Waals surface area contributed by atoms with E-state index in [2.05, 4.69) is 0 Å². The van der Waals surface area contributed by atoms with E-state index >= 15 is 0 Å². The summed E-state index contributed by atoms with van der Waals surface area (Å²) in [6.45, 7) is 0. The van der Waals surface area contributed by atoms with Gasteiger partial charge >= 0.3 is 11.3 Å². The van der Waals surface area contributed by atoms with Crippen molar-refractivity contribution in [3.8, 4) is 28.0 Å². The summed E-state index contributed by atoms with van der Waals surface area (Å²) >= 11 is 0. The molecule has 5 heteroatoms. The maximum absolute atomic E-state index is 12.6. The first-order valence-electron chi connectivity index (χ1n) is 9.38. The lowest BCUT2D eigenvalue weighted by Crippen LogP contribution is -2.03. The molecule has 0 amide bonds. The summed E-state index contributed by atoms with van der Waals surface area (Å²) in [5, 5.41) is 1.56. The minimum atomic E-state index is -0.439. The topological polar surface area (TPSA) is 69.7 Å². The minimum absolute atomic E-state index is 0.420. The Labute approximate surface area is 170 Å². The van der Waals surface area contributed by atoms with Gasteiger partial charge in [0.15, 0.2) is 0 Å². The van der Waals surface area contributed by atoms with Crippen LogP contribution in [0.4, 0.5) is 0 Å². The van der Waals surface area contributed by atoms with Crippen LogP contribution in [0.25, 0.3) is 44.2 Å². The Kier molecular flexibility index (Phi) is 4.21. The lowest BCUT2D eigenvalue weighted by Gasteiger charge is -2.09. The van der Waals surface area contributed by atoms with Gasteiger partial charge in [-0.05, 0) is 53.1 Å². The summed E-state index contributed by atoms with van der Waals surface area (Å²) in [5.74, 6) is 0.723. The SMILES string of the molecule is COc1ccc(-c2cc(=O)oc3ccc(-c4cc5ccccc5oc4=O)cc23)cc1. The van der Waals surface area contributed by atoms with Crippen LogP contribution in [-0.2, 0) is 0 Å². The Hall–Kier alpha value is -4.12. The average Bonchev–Trinajstić information content (AvgIpc) is 2.78. The van der Waals surface area contributed by atoms with Gasteiger partial charge in [-0.2, -0.15) is 0 Å². The van der Waals surface area contributed by atoms with E-state index in [9.17, 15) is 9.59 Å². The van der Waals surface area contributed by atoms with Crippen molar-refractivity contribution in [2.75, 3.05) is 7.11 Å². The van der Waals surface area contributed by atoms with E-state index in [4.69, 9.17) is 13.6 Å². The standard InChI is InChI=1S/C25H16O5/c1-28-18-9-6-15(7-10-18)19-14-24(26)29-23-11-8-16(12-21(19)23)20-13-17-4-2-3-5-22(17)30-25(20)27/h2-14H,1H3. The molecule has 0 aliphatic rings. The second-order valence-electron chi connectivity index (χ2n) is 6.90. The normalized spacial score (nSPS) is 11.1. The Balaban J connectivity index is 1.74. The molecule has 5 aromatic rings. The fourth-order valence-electron chi connectivity index (χ4n) is 3.60. The molecule has 5 nitrogen and oxygen atoms in total. The first-order chi connectivity index (χ1) is 14.6.